The van der Waals surface area contributed by atoms with Crippen molar-refractivity contribution in [1.82, 2.24) is 10.2 Å². The SMILES string of the molecule is CCCC(NC(=O)C(c1cccc(F)c1)N1CCOCC1)C(=O)O. The van der Waals surface area contributed by atoms with Crippen molar-refractivity contribution < 1.29 is 23.8 Å². The first-order valence-electron chi connectivity index (χ1n) is 8.13. The van der Waals surface area contributed by atoms with Crippen molar-refractivity contribution in [3.8, 4) is 0 Å². The van der Waals surface area contributed by atoms with E-state index in [-0.39, 0.29) is 0 Å². The molecule has 0 radical (unpaired) electrons. The van der Waals surface area contributed by atoms with E-state index in [4.69, 9.17) is 4.74 Å². The molecule has 1 fully saturated rings. The zero-order chi connectivity index (χ0) is 17.5. The Labute approximate surface area is 140 Å². The standard InChI is InChI=1S/C17H23FN2O4/c1-2-4-14(17(22)23)19-16(21)15(20-7-9-24-10-8-20)12-5-3-6-13(18)11-12/h3,5-6,11,14-15H,2,4,7-10H2,1H3,(H,19,21)(H,22,23). The van der Waals surface area contributed by atoms with Crippen molar-refractivity contribution in [2.24, 2.45) is 0 Å². The van der Waals surface area contributed by atoms with Crippen molar-refractivity contribution in [3.63, 3.8) is 0 Å². The number of morpholine rings is 1. The van der Waals surface area contributed by atoms with Crippen LogP contribution >= 0.6 is 0 Å². The molecular formula is C17H23FN2O4. The minimum atomic E-state index is -1.06. The third kappa shape index (κ3) is 4.75. The molecule has 6 nitrogen and oxygen atoms in total. The fourth-order valence-electron chi connectivity index (χ4n) is 2.84. The van der Waals surface area contributed by atoms with Gasteiger partial charge >= 0.3 is 5.97 Å². The van der Waals surface area contributed by atoms with Crippen molar-refractivity contribution in [3.05, 3.63) is 35.6 Å². The van der Waals surface area contributed by atoms with Gasteiger partial charge in [-0.25, -0.2) is 9.18 Å². The van der Waals surface area contributed by atoms with Crippen molar-refractivity contribution in [1.29, 1.82) is 0 Å². The summed E-state index contributed by atoms with van der Waals surface area (Å²) in [5.41, 5.74) is 0.509. The van der Waals surface area contributed by atoms with Gasteiger partial charge in [0, 0.05) is 13.1 Å². The molecule has 2 N–H and O–H groups in total. The fourth-order valence-corrected chi connectivity index (χ4v) is 2.84. The van der Waals surface area contributed by atoms with E-state index >= 15 is 0 Å². The molecule has 132 valence electrons. The molecule has 1 aromatic carbocycles. The Morgan fingerprint density at radius 2 is 2.08 bits per heavy atom. The molecule has 7 heteroatoms. The highest BCUT2D eigenvalue weighted by molar-refractivity contribution is 5.87. The zero-order valence-corrected chi connectivity index (χ0v) is 13.7. The van der Waals surface area contributed by atoms with Gasteiger partial charge in [0.2, 0.25) is 5.91 Å². The minimum Gasteiger partial charge on any atom is -0.480 e. The number of amides is 1. The molecule has 0 bridgehead atoms. The Morgan fingerprint density at radius 3 is 2.67 bits per heavy atom. The van der Waals surface area contributed by atoms with Crippen LogP contribution in [0.25, 0.3) is 0 Å². The van der Waals surface area contributed by atoms with Gasteiger partial charge in [-0.05, 0) is 24.1 Å². The Bertz CT molecular complexity index is 575. The molecule has 1 saturated heterocycles. The second kappa shape index (κ2) is 8.75. The first-order chi connectivity index (χ1) is 11.5. The number of carbonyl (C=O) groups is 2. The van der Waals surface area contributed by atoms with E-state index in [0.29, 0.717) is 44.7 Å². The molecule has 24 heavy (non-hydrogen) atoms. The number of nitrogens with one attached hydrogen (secondary N) is 1. The molecule has 1 aromatic rings. The van der Waals surface area contributed by atoms with Crippen LogP contribution in [0.3, 0.4) is 0 Å². The van der Waals surface area contributed by atoms with E-state index in [9.17, 15) is 19.1 Å². The van der Waals surface area contributed by atoms with Crippen molar-refractivity contribution >= 4 is 11.9 Å². The molecule has 0 aromatic heterocycles. The number of aliphatic carboxylic acids is 1. The van der Waals surface area contributed by atoms with Crippen LogP contribution in [0.1, 0.15) is 31.4 Å². The van der Waals surface area contributed by atoms with Crippen molar-refractivity contribution in [2.45, 2.75) is 31.8 Å². The Hall–Kier alpha value is -1.99. The largest absolute Gasteiger partial charge is 0.480 e. The van der Waals surface area contributed by atoms with Gasteiger partial charge in [0.1, 0.15) is 17.9 Å². The number of carboxylic acid groups (broad SMARTS) is 1. The summed E-state index contributed by atoms with van der Waals surface area (Å²) in [5, 5.41) is 11.8. The summed E-state index contributed by atoms with van der Waals surface area (Å²) in [6.07, 6.45) is 0.986. The topological polar surface area (TPSA) is 78.9 Å². The molecule has 2 atom stereocenters. The lowest BCUT2D eigenvalue weighted by atomic mass is 10.0. The number of rotatable bonds is 7. The maximum absolute atomic E-state index is 13.6. The quantitative estimate of drug-likeness (QED) is 0.789. The summed E-state index contributed by atoms with van der Waals surface area (Å²) in [6, 6.07) is 4.18. The number of carboxylic acids is 1. The van der Waals surface area contributed by atoms with Crippen molar-refractivity contribution in [2.75, 3.05) is 26.3 Å². The fraction of sp³-hybridized carbons (Fsp3) is 0.529. The Morgan fingerprint density at radius 1 is 1.38 bits per heavy atom. The van der Waals surface area contributed by atoms with E-state index in [1.807, 2.05) is 11.8 Å². The molecule has 1 heterocycles. The smallest absolute Gasteiger partial charge is 0.326 e. The van der Waals surface area contributed by atoms with Crippen LogP contribution in [-0.2, 0) is 14.3 Å². The average Bonchev–Trinajstić information content (AvgIpc) is 2.55. The van der Waals surface area contributed by atoms with Gasteiger partial charge in [-0.2, -0.15) is 0 Å². The molecule has 1 amide bonds. The van der Waals surface area contributed by atoms with E-state index in [2.05, 4.69) is 5.32 Å². The predicted molar refractivity (Wildman–Crippen MR) is 86.0 cm³/mol. The molecule has 2 rings (SSSR count). The first-order valence-corrected chi connectivity index (χ1v) is 8.13. The third-order valence-corrected chi connectivity index (χ3v) is 4.02. The molecular weight excluding hydrogens is 315 g/mol. The van der Waals surface area contributed by atoms with Gasteiger partial charge in [0.15, 0.2) is 0 Å². The van der Waals surface area contributed by atoms with Crippen LogP contribution in [0.5, 0.6) is 0 Å². The molecule has 0 saturated carbocycles. The summed E-state index contributed by atoms with van der Waals surface area (Å²) in [6.45, 7) is 3.88. The summed E-state index contributed by atoms with van der Waals surface area (Å²) in [5.74, 6) is -1.92. The molecule has 1 aliphatic heterocycles. The van der Waals surface area contributed by atoms with Crippen LogP contribution in [-0.4, -0.2) is 54.2 Å². The maximum Gasteiger partial charge on any atom is 0.326 e. The monoisotopic (exact) mass is 338 g/mol. The number of nitrogens with zero attached hydrogens (tertiary/aromatic N) is 1. The van der Waals surface area contributed by atoms with E-state index in [1.165, 1.54) is 12.1 Å². The highest BCUT2D eigenvalue weighted by Gasteiger charge is 2.31. The van der Waals surface area contributed by atoms with Crippen LogP contribution < -0.4 is 5.32 Å². The number of halogens is 1. The first kappa shape index (κ1) is 18.4. The maximum atomic E-state index is 13.6. The lowest BCUT2D eigenvalue weighted by Crippen LogP contribution is -2.49. The molecule has 2 unspecified atom stereocenters. The molecule has 0 spiro atoms. The Balaban J connectivity index is 2.24. The van der Waals surface area contributed by atoms with E-state index in [0.717, 1.165) is 0 Å². The highest BCUT2D eigenvalue weighted by Crippen LogP contribution is 2.23. The summed E-state index contributed by atoms with van der Waals surface area (Å²) in [4.78, 5) is 26.0. The van der Waals surface area contributed by atoms with E-state index < -0.39 is 29.8 Å². The second-order valence-corrected chi connectivity index (χ2v) is 5.79. The zero-order valence-electron chi connectivity index (χ0n) is 13.7. The summed E-state index contributed by atoms with van der Waals surface area (Å²) >= 11 is 0. The van der Waals surface area contributed by atoms with Gasteiger partial charge in [-0.3, -0.25) is 9.69 Å². The van der Waals surface area contributed by atoms with Gasteiger partial charge in [0.05, 0.1) is 13.2 Å². The minimum absolute atomic E-state index is 0.347. The molecule has 0 aliphatic carbocycles. The van der Waals surface area contributed by atoms with E-state index in [1.54, 1.807) is 12.1 Å². The Kier molecular flexibility index (Phi) is 6.69. The normalized spacial score (nSPS) is 17.9. The number of carbonyl (C=O) groups excluding carboxylic acids is 1. The lowest BCUT2D eigenvalue weighted by Gasteiger charge is -2.34. The summed E-state index contributed by atoms with van der Waals surface area (Å²) < 4.78 is 18.9. The van der Waals surface area contributed by atoms with Gasteiger partial charge in [-0.15, -0.1) is 0 Å². The number of hydrogen-bond donors (Lipinski definition) is 2. The van der Waals surface area contributed by atoms with Crippen LogP contribution in [0.4, 0.5) is 4.39 Å². The number of benzene rings is 1. The van der Waals surface area contributed by atoms with Gasteiger partial charge in [-0.1, -0.05) is 25.5 Å². The van der Waals surface area contributed by atoms with Crippen LogP contribution in [0.2, 0.25) is 0 Å². The van der Waals surface area contributed by atoms with Crippen LogP contribution in [0, 0.1) is 5.82 Å². The second-order valence-electron chi connectivity index (χ2n) is 5.79. The van der Waals surface area contributed by atoms with Crippen LogP contribution in [0.15, 0.2) is 24.3 Å². The molecule has 1 aliphatic rings. The average molecular weight is 338 g/mol. The van der Waals surface area contributed by atoms with Gasteiger partial charge < -0.3 is 15.2 Å². The van der Waals surface area contributed by atoms with Gasteiger partial charge in [0.25, 0.3) is 0 Å². The summed E-state index contributed by atoms with van der Waals surface area (Å²) in [7, 11) is 0. The highest BCUT2D eigenvalue weighted by atomic mass is 19.1. The predicted octanol–water partition coefficient (Wildman–Crippen LogP) is 1.57. The lowest BCUT2D eigenvalue weighted by molar-refractivity contribution is -0.143. The number of ether oxygens (including phenoxy) is 1. The number of hydrogen-bond acceptors (Lipinski definition) is 4. The third-order valence-electron chi connectivity index (χ3n) is 4.02.